The van der Waals surface area contributed by atoms with Crippen molar-refractivity contribution in [2.75, 3.05) is 26.9 Å². The highest BCUT2D eigenvalue weighted by Gasteiger charge is 2.40. The molecule has 1 heterocycles. The third-order valence-corrected chi connectivity index (χ3v) is 3.33. The summed E-state index contributed by atoms with van der Waals surface area (Å²) in [7, 11) is 1.45. The first-order valence-corrected chi connectivity index (χ1v) is 5.74. The number of aliphatic hydroxyl groups excluding tert-OH is 1. The van der Waals surface area contributed by atoms with Crippen LogP contribution in [0, 0.1) is 5.82 Å². The number of ether oxygens (including phenoxy) is 2. The van der Waals surface area contributed by atoms with E-state index in [-0.39, 0.29) is 23.6 Å². The molecule has 1 saturated heterocycles. The number of benzene rings is 1. The van der Waals surface area contributed by atoms with Crippen LogP contribution in [-0.4, -0.2) is 32.0 Å². The van der Waals surface area contributed by atoms with Crippen LogP contribution in [0.1, 0.15) is 18.4 Å². The van der Waals surface area contributed by atoms with Crippen molar-refractivity contribution in [1.82, 2.24) is 0 Å². The van der Waals surface area contributed by atoms with Crippen molar-refractivity contribution in [3.05, 3.63) is 29.6 Å². The van der Waals surface area contributed by atoms with E-state index >= 15 is 0 Å². The molecule has 1 fully saturated rings. The van der Waals surface area contributed by atoms with E-state index < -0.39 is 0 Å². The normalized spacial score (nSPS) is 17.6. The Morgan fingerprint density at radius 3 is 2.71 bits per heavy atom. The van der Waals surface area contributed by atoms with Gasteiger partial charge in [0.2, 0.25) is 0 Å². The molecule has 0 amide bonds. The largest absolute Gasteiger partial charge is 0.494 e. The molecular weight excluding hydrogens is 223 g/mol. The lowest BCUT2D eigenvalue weighted by atomic mass is 9.75. The van der Waals surface area contributed by atoms with E-state index in [2.05, 4.69) is 0 Å². The highest BCUT2D eigenvalue weighted by molar-refractivity contribution is 5.35. The van der Waals surface area contributed by atoms with Gasteiger partial charge in [-0.1, -0.05) is 6.07 Å². The molecule has 0 radical (unpaired) electrons. The van der Waals surface area contributed by atoms with Gasteiger partial charge in [-0.15, -0.1) is 0 Å². The van der Waals surface area contributed by atoms with Gasteiger partial charge in [0, 0.05) is 12.0 Å². The van der Waals surface area contributed by atoms with Crippen molar-refractivity contribution in [3.8, 4) is 5.75 Å². The monoisotopic (exact) mass is 240 g/mol. The molecule has 0 aromatic heterocycles. The average molecular weight is 240 g/mol. The van der Waals surface area contributed by atoms with Gasteiger partial charge in [0.1, 0.15) is 0 Å². The second-order valence-corrected chi connectivity index (χ2v) is 4.45. The molecule has 0 atom stereocenters. The van der Waals surface area contributed by atoms with E-state index in [1.54, 1.807) is 6.07 Å². The molecular formula is C13H17FO3. The van der Waals surface area contributed by atoms with Crippen LogP contribution in [0.15, 0.2) is 18.2 Å². The number of aliphatic hydroxyl groups is 1. The van der Waals surface area contributed by atoms with Gasteiger partial charge in [-0.25, -0.2) is 4.39 Å². The van der Waals surface area contributed by atoms with Crippen LogP contribution < -0.4 is 4.74 Å². The van der Waals surface area contributed by atoms with Gasteiger partial charge in [0.25, 0.3) is 0 Å². The van der Waals surface area contributed by atoms with Gasteiger partial charge in [0.05, 0.1) is 20.3 Å². The molecule has 3 nitrogen and oxygen atoms in total. The maximum Gasteiger partial charge on any atom is 0.165 e. The Kier molecular flexibility index (Phi) is 3.64. The Morgan fingerprint density at radius 2 is 2.24 bits per heavy atom. The van der Waals surface area contributed by atoms with E-state index in [1.165, 1.54) is 13.2 Å². The van der Waals surface area contributed by atoms with Crippen molar-refractivity contribution in [2.24, 2.45) is 0 Å². The highest BCUT2D eigenvalue weighted by atomic mass is 19.1. The lowest BCUT2D eigenvalue weighted by molar-refractivity contribution is -0.0666. The zero-order chi connectivity index (χ0) is 12.3. The minimum absolute atomic E-state index is 0.129. The van der Waals surface area contributed by atoms with Gasteiger partial charge in [-0.05, 0) is 30.5 Å². The Bertz CT molecular complexity index is 388. The molecule has 4 heteroatoms. The fourth-order valence-electron chi connectivity index (χ4n) is 2.22. The van der Waals surface area contributed by atoms with Gasteiger partial charge in [-0.3, -0.25) is 0 Å². The minimum Gasteiger partial charge on any atom is -0.494 e. The molecule has 1 aliphatic rings. The first-order chi connectivity index (χ1) is 8.22. The summed E-state index contributed by atoms with van der Waals surface area (Å²) in [6.07, 6.45) is 1.52. The third kappa shape index (κ3) is 2.28. The zero-order valence-corrected chi connectivity index (χ0v) is 9.91. The summed E-state index contributed by atoms with van der Waals surface area (Å²) < 4.78 is 23.8. The van der Waals surface area contributed by atoms with Gasteiger partial charge < -0.3 is 14.6 Å². The number of rotatable bonds is 5. The summed E-state index contributed by atoms with van der Waals surface area (Å²) in [6, 6.07) is 5.03. The molecule has 1 aliphatic heterocycles. The van der Waals surface area contributed by atoms with E-state index in [0.29, 0.717) is 19.6 Å². The second kappa shape index (κ2) is 5.02. The summed E-state index contributed by atoms with van der Waals surface area (Å²) in [5.41, 5.74) is 0.797. The first kappa shape index (κ1) is 12.3. The SMILES string of the molecule is COc1ccc(C2(CCCO)COC2)cc1F. The number of halogens is 1. The predicted octanol–water partition coefficient (Wildman–Crippen LogP) is 1.87. The molecule has 0 spiro atoms. The quantitative estimate of drug-likeness (QED) is 0.854. The molecule has 2 rings (SSSR count). The van der Waals surface area contributed by atoms with Crippen LogP contribution in [-0.2, 0) is 10.2 Å². The van der Waals surface area contributed by atoms with Crippen molar-refractivity contribution in [1.29, 1.82) is 0 Å². The summed E-state index contributed by atoms with van der Waals surface area (Å²) in [4.78, 5) is 0. The van der Waals surface area contributed by atoms with Crippen molar-refractivity contribution < 1.29 is 19.0 Å². The van der Waals surface area contributed by atoms with E-state index in [4.69, 9.17) is 14.6 Å². The van der Waals surface area contributed by atoms with Gasteiger partial charge in [-0.2, -0.15) is 0 Å². The Balaban J connectivity index is 2.22. The lowest BCUT2D eigenvalue weighted by Crippen LogP contribution is -2.46. The Morgan fingerprint density at radius 1 is 1.47 bits per heavy atom. The molecule has 1 N–H and O–H groups in total. The summed E-state index contributed by atoms with van der Waals surface area (Å²) in [6.45, 7) is 1.35. The fourth-order valence-corrected chi connectivity index (χ4v) is 2.22. The van der Waals surface area contributed by atoms with Crippen LogP contribution in [0.3, 0.4) is 0 Å². The molecule has 0 saturated carbocycles. The minimum atomic E-state index is -0.347. The maximum absolute atomic E-state index is 13.6. The zero-order valence-electron chi connectivity index (χ0n) is 9.91. The molecule has 1 aromatic carbocycles. The molecule has 17 heavy (non-hydrogen) atoms. The van der Waals surface area contributed by atoms with Gasteiger partial charge in [0.15, 0.2) is 11.6 Å². The Hall–Kier alpha value is -1.13. The predicted molar refractivity (Wildman–Crippen MR) is 61.8 cm³/mol. The summed E-state index contributed by atoms with van der Waals surface area (Å²) in [5, 5.41) is 8.90. The molecule has 0 unspecified atom stereocenters. The van der Waals surface area contributed by atoms with Crippen LogP contribution in [0.2, 0.25) is 0 Å². The summed E-state index contributed by atoms with van der Waals surface area (Å²) in [5.74, 6) is -0.0911. The van der Waals surface area contributed by atoms with Crippen LogP contribution in [0.4, 0.5) is 4.39 Å². The van der Waals surface area contributed by atoms with Crippen molar-refractivity contribution in [3.63, 3.8) is 0 Å². The molecule has 0 aliphatic carbocycles. The molecule has 1 aromatic rings. The van der Waals surface area contributed by atoms with E-state index in [1.807, 2.05) is 6.07 Å². The fraction of sp³-hybridized carbons (Fsp3) is 0.538. The lowest BCUT2D eigenvalue weighted by Gasteiger charge is -2.42. The second-order valence-electron chi connectivity index (χ2n) is 4.45. The molecule has 94 valence electrons. The third-order valence-electron chi connectivity index (χ3n) is 3.33. The van der Waals surface area contributed by atoms with Crippen molar-refractivity contribution >= 4 is 0 Å². The summed E-state index contributed by atoms with van der Waals surface area (Å²) >= 11 is 0. The van der Waals surface area contributed by atoms with E-state index in [0.717, 1.165) is 12.0 Å². The van der Waals surface area contributed by atoms with Crippen LogP contribution >= 0.6 is 0 Å². The maximum atomic E-state index is 13.6. The van der Waals surface area contributed by atoms with E-state index in [9.17, 15) is 4.39 Å². The number of hydrogen-bond donors (Lipinski definition) is 1. The highest BCUT2D eigenvalue weighted by Crippen LogP contribution is 2.38. The topological polar surface area (TPSA) is 38.7 Å². The number of methoxy groups -OCH3 is 1. The van der Waals surface area contributed by atoms with Crippen LogP contribution in [0.25, 0.3) is 0 Å². The first-order valence-electron chi connectivity index (χ1n) is 5.74. The Labute approximate surface area is 100 Å². The molecule has 0 bridgehead atoms. The van der Waals surface area contributed by atoms with Crippen molar-refractivity contribution in [2.45, 2.75) is 18.3 Å². The van der Waals surface area contributed by atoms with Crippen LogP contribution in [0.5, 0.6) is 5.75 Å². The average Bonchev–Trinajstić information content (AvgIpc) is 2.28. The van der Waals surface area contributed by atoms with Gasteiger partial charge >= 0.3 is 0 Å². The standard InChI is InChI=1S/C13H17FO3/c1-16-12-4-3-10(7-11(12)14)13(5-2-6-15)8-17-9-13/h3-4,7,15H,2,5-6,8-9H2,1H3. The number of hydrogen-bond acceptors (Lipinski definition) is 3. The smallest absolute Gasteiger partial charge is 0.165 e.